The molecule has 1 aromatic carbocycles. The summed E-state index contributed by atoms with van der Waals surface area (Å²) in [6.45, 7) is 3.95. The molecule has 0 spiro atoms. The maximum absolute atomic E-state index is 13.3. The molecule has 1 saturated heterocycles. The molecule has 0 bridgehead atoms. The van der Waals surface area contributed by atoms with Gasteiger partial charge in [0.1, 0.15) is 5.69 Å². The minimum atomic E-state index is -0.829. The highest BCUT2D eigenvalue weighted by Gasteiger charge is 2.22. The topological polar surface area (TPSA) is 58.1 Å². The summed E-state index contributed by atoms with van der Waals surface area (Å²) in [7, 11) is 0. The number of piperidine rings is 1. The fourth-order valence-electron chi connectivity index (χ4n) is 2.90. The molecule has 3 rings (SSSR count). The Morgan fingerprint density at radius 3 is 2.60 bits per heavy atom. The minimum Gasteiger partial charge on any atom is -0.348 e. The summed E-state index contributed by atoms with van der Waals surface area (Å²) in [6, 6.07) is 4.07. The number of nitrogens with one attached hydrogen (secondary N) is 1. The summed E-state index contributed by atoms with van der Waals surface area (Å²) in [5.74, 6) is -1.87. The predicted molar refractivity (Wildman–Crippen MR) is 88.9 cm³/mol. The summed E-state index contributed by atoms with van der Waals surface area (Å²) < 4.78 is 26.2. The monoisotopic (exact) mass is 346 g/mol. The third kappa shape index (κ3) is 4.57. The molecule has 2 heterocycles. The first-order valence-electron chi connectivity index (χ1n) is 8.27. The van der Waals surface area contributed by atoms with E-state index in [-0.39, 0.29) is 11.9 Å². The van der Waals surface area contributed by atoms with Crippen LogP contribution in [0.1, 0.15) is 34.6 Å². The fourth-order valence-corrected chi connectivity index (χ4v) is 2.90. The van der Waals surface area contributed by atoms with Crippen molar-refractivity contribution >= 4 is 5.91 Å². The molecule has 1 N–H and O–H groups in total. The molecule has 1 amide bonds. The maximum Gasteiger partial charge on any atom is 0.271 e. The number of rotatable bonds is 4. The Morgan fingerprint density at radius 1 is 1.20 bits per heavy atom. The van der Waals surface area contributed by atoms with Crippen LogP contribution in [0.5, 0.6) is 0 Å². The van der Waals surface area contributed by atoms with Gasteiger partial charge in [0.2, 0.25) is 0 Å². The highest BCUT2D eigenvalue weighted by molar-refractivity contribution is 5.92. The largest absolute Gasteiger partial charge is 0.348 e. The van der Waals surface area contributed by atoms with Gasteiger partial charge in [-0.25, -0.2) is 13.8 Å². The number of carbonyl (C=O) groups is 1. The Hall–Kier alpha value is -2.41. The van der Waals surface area contributed by atoms with E-state index in [1.807, 2.05) is 6.92 Å². The zero-order chi connectivity index (χ0) is 17.8. The van der Waals surface area contributed by atoms with Crippen LogP contribution in [-0.2, 0) is 6.54 Å². The lowest BCUT2D eigenvalue weighted by Gasteiger charge is -2.32. The van der Waals surface area contributed by atoms with Gasteiger partial charge in [-0.15, -0.1) is 0 Å². The van der Waals surface area contributed by atoms with Crippen molar-refractivity contribution in [3.8, 4) is 0 Å². The van der Waals surface area contributed by atoms with Gasteiger partial charge in [-0.1, -0.05) is 6.07 Å². The standard InChI is InChI=1S/C18H20F2N4O/c1-12-9-22-17(10-21-12)18(25)23-14-4-6-24(7-5-14)11-13-2-3-15(19)16(20)8-13/h2-3,8-10,14H,4-7,11H2,1H3,(H,23,25). The Labute approximate surface area is 145 Å². The van der Waals surface area contributed by atoms with Crippen LogP contribution < -0.4 is 5.32 Å². The Bertz CT molecular complexity index is 743. The SMILES string of the molecule is Cc1cnc(C(=O)NC2CCN(Cc3ccc(F)c(F)c3)CC2)cn1. The van der Waals surface area contributed by atoms with Gasteiger partial charge in [0.25, 0.3) is 5.91 Å². The zero-order valence-electron chi connectivity index (χ0n) is 14.0. The van der Waals surface area contributed by atoms with Crippen LogP contribution in [0.15, 0.2) is 30.6 Å². The van der Waals surface area contributed by atoms with E-state index in [0.29, 0.717) is 12.2 Å². The lowest BCUT2D eigenvalue weighted by atomic mass is 10.0. The second-order valence-corrected chi connectivity index (χ2v) is 6.32. The van der Waals surface area contributed by atoms with Crippen LogP contribution in [0, 0.1) is 18.6 Å². The van der Waals surface area contributed by atoms with Gasteiger partial charge in [-0.05, 0) is 37.5 Å². The molecule has 7 heteroatoms. The van der Waals surface area contributed by atoms with Crippen LogP contribution in [0.25, 0.3) is 0 Å². The van der Waals surface area contributed by atoms with Gasteiger partial charge in [-0.3, -0.25) is 14.7 Å². The molecule has 1 aliphatic rings. The molecule has 0 unspecified atom stereocenters. The number of nitrogens with zero attached hydrogens (tertiary/aromatic N) is 3. The Kier molecular flexibility index (Phi) is 5.33. The first-order valence-corrected chi connectivity index (χ1v) is 8.27. The van der Waals surface area contributed by atoms with E-state index in [1.165, 1.54) is 12.3 Å². The van der Waals surface area contributed by atoms with E-state index < -0.39 is 11.6 Å². The summed E-state index contributed by atoms with van der Waals surface area (Å²) in [6.07, 6.45) is 4.64. The summed E-state index contributed by atoms with van der Waals surface area (Å²) >= 11 is 0. The van der Waals surface area contributed by atoms with E-state index in [0.717, 1.165) is 43.3 Å². The molecule has 1 fully saturated rings. The van der Waals surface area contributed by atoms with E-state index in [9.17, 15) is 13.6 Å². The van der Waals surface area contributed by atoms with Crippen LogP contribution in [0.2, 0.25) is 0 Å². The van der Waals surface area contributed by atoms with Crippen LogP contribution in [0.4, 0.5) is 8.78 Å². The molecule has 0 radical (unpaired) electrons. The van der Waals surface area contributed by atoms with Gasteiger partial charge in [0, 0.05) is 31.9 Å². The van der Waals surface area contributed by atoms with Gasteiger partial charge < -0.3 is 5.32 Å². The fraction of sp³-hybridized carbons (Fsp3) is 0.389. The smallest absolute Gasteiger partial charge is 0.271 e. The third-order valence-electron chi connectivity index (χ3n) is 4.33. The number of amides is 1. The van der Waals surface area contributed by atoms with E-state index in [2.05, 4.69) is 20.2 Å². The van der Waals surface area contributed by atoms with Crippen molar-refractivity contribution in [3.05, 3.63) is 59.2 Å². The van der Waals surface area contributed by atoms with E-state index in [1.54, 1.807) is 12.3 Å². The quantitative estimate of drug-likeness (QED) is 0.924. The van der Waals surface area contributed by atoms with E-state index >= 15 is 0 Å². The van der Waals surface area contributed by atoms with Crippen molar-refractivity contribution in [2.45, 2.75) is 32.4 Å². The number of benzene rings is 1. The Morgan fingerprint density at radius 2 is 1.96 bits per heavy atom. The molecule has 132 valence electrons. The number of hydrogen-bond acceptors (Lipinski definition) is 4. The molecular weight excluding hydrogens is 326 g/mol. The highest BCUT2D eigenvalue weighted by Crippen LogP contribution is 2.16. The van der Waals surface area contributed by atoms with Crippen molar-refractivity contribution in [1.82, 2.24) is 20.2 Å². The Balaban J connectivity index is 1.49. The summed E-state index contributed by atoms with van der Waals surface area (Å²) in [4.78, 5) is 22.5. The summed E-state index contributed by atoms with van der Waals surface area (Å²) in [5.41, 5.74) is 1.83. The third-order valence-corrected chi connectivity index (χ3v) is 4.33. The second-order valence-electron chi connectivity index (χ2n) is 6.32. The number of carbonyl (C=O) groups excluding carboxylic acids is 1. The van der Waals surface area contributed by atoms with E-state index in [4.69, 9.17) is 0 Å². The molecule has 2 aromatic rings. The van der Waals surface area contributed by atoms with Crippen molar-refractivity contribution in [2.75, 3.05) is 13.1 Å². The van der Waals surface area contributed by atoms with Crippen molar-refractivity contribution < 1.29 is 13.6 Å². The second kappa shape index (κ2) is 7.65. The summed E-state index contributed by atoms with van der Waals surface area (Å²) in [5, 5.41) is 2.98. The lowest BCUT2D eigenvalue weighted by Crippen LogP contribution is -2.44. The average molecular weight is 346 g/mol. The van der Waals surface area contributed by atoms with Crippen LogP contribution >= 0.6 is 0 Å². The normalized spacial score (nSPS) is 16.0. The predicted octanol–water partition coefficient (Wildman–Crippen LogP) is 2.46. The first-order chi connectivity index (χ1) is 12.0. The molecule has 1 aromatic heterocycles. The number of aromatic nitrogens is 2. The number of halogens is 2. The van der Waals surface area contributed by atoms with Gasteiger partial charge in [0.15, 0.2) is 11.6 Å². The molecule has 25 heavy (non-hydrogen) atoms. The molecular formula is C18H20F2N4O. The van der Waals surface area contributed by atoms with Gasteiger partial charge in [-0.2, -0.15) is 0 Å². The molecule has 1 aliphatic heterocycles. The number of hydrogen-bond donors (Lipinski definition) is 1. The first kappa shape index (κ1) is 17.4. The number of likely N-dealkylation sites (tertiary alicyclic amines) is 1. The van der Waals surface area contributed by atoms with Gasteiger partial charge >= 0.3 is 0 Å². The zero-order valence-corrected chi connectivity index (χ0v) is 14.0. The lowest BCUT2D eigenvalue weighted by molar-refractivity contribution is 0.0903. The molecule has 0 saturated carbocycles. The minimum absolute atomic E-state index is 0.0804. The van der Waals surface area contributed by atoms with Gasteiger partial charge in [0.05, 0.1) is 11.9 Å². The molecule has 0 aliphatic carbocycles. The molecule has 5 nitrogen and oxygen atoms in total. The maximum atomic E-state index is 13.3. The number of aryl methyl sites for hydroxylation is 1. The highest BCUT2D eigenvalue weighted by atomic mass is 19.2. The van der Waals surface area contributed by atoms with Crippen molar-refractivity contribution in [3.63, 3.8) is 0 Å². The van der Waals surface area contributed by atoms with Crippen molar-refractivity contribution in [2.24, 2.45) is 0 Å². The van der Waals surface area contributed by atoms with Crippen LogP contribution in [0.3, 0.4) is 0 Å². The van der Waals surface area contributed by atoms with Crippen LogP contribution in [-0.4, -0.2) is 39.9 Å². The molecule has 0 atom stereocenters. The average Bonchev–Trinajstić information content (AvgIpc) is 2.60. The van der Waals surface area contributed by atoms with Crippen molar-refractivity contribution in [1.29, 1.82) is 0 Å².